The maximum Gasteiger partial charge on any atom is 0.164 e. The van der Waals surface area contributed by atoms with Crippen LogP contribution in [-0.4, -0.2) is 10.4 Å². The van der Waals surface area contributed by atoms with Gasteiger partial charge < -0.3 is 4.57 Å². The van der Waals surface area contributed by atoms with E-state index in [0.29, 0.717) is 5.78 Å². The smallest absolute Gasteiger partial charge is 0.164 e. The minimum Gasteiger partial charge on any atom is -0.348 e. The molecule has 76 valence electrons. The minimum absolute atomic E-state index is 0.337. The Balaban J connectivity index is 2.46. The summed E-state index contributed by atoms with van der Waals surface area (Å²) in [7, 11) is 0. The Morgan fingerprint density at radius 2 is 2.21 bits per heavy atom. The standard InChI is InChI=1S/C12H17NO/c1-3-7-13-9(2)8-10-11(13)5-4-6-12(10)14/h8H,3-7H2,1-2H3. The molecule has 0 radical (unpaired) electrons. The van der Waals surface area contributed by atoms with Crippen LogP contribution in [-0.2, 0) is 13.0 Å². The number of carbonyl (C=O) groups is 1. The lowest BCUT2D eigenvalue weighted by Gasteiger charge is -2.15. The Labute approximate surface area is 84.9 Å². The highest BCUT2D eigenvalue weighted by Crippen LogP contribution is 2.25. The monoisotopic (exact) mass is 191 g/mol. The largest absolute Gasteiger partial charge is 0.348 e. The van der Waals surface area contributed by atoms with Gasteiger partial charge in [-0.1, -0.05) is 6.92 Å². The summed E-state index contributed by atoms with van der Waals surface area (Å²) >= 11 is 0. The maximum atomic E-state index is 11.6. The fraction of sp³-hybridized carbons (Fsp3) is 0.583. The molecular weight excluding hydrogens is 174 g/mol. The number of ketones is 1. The maximum absolute atomic E-state index is 11.6. The molecule has 2 nitrogen and oxygen atoms in total. The number of fused-ring (bicyclic) bond motifs is 1. The molecule has 0 atom stereocenters. The summed E-state index contributed by atoms with van der Waals surface area (Å²) in [5.41, 5.74) is 3.51. The van der Waals surface area contributed by atoms with E-state index in [-0.39, 0.29) is 0 Å². The van der Waals surface area contributed by atoms with Gasteiger partial charge in [-0.15, -0.1) is 0 Å². The van der Waals surface area contributed by atoms with Gasteiger partial charge in [0.25, 0.3) is 0 Å². The number of Topliss-reactive ketones (excluding diaryl/α,β-unsaturated/α-hetero) is 1. The van der Waals surface area contributed by atoms with E-state index < -0.39 is 0 Å². The van der Waals surface area contributed by atoms with Gasteiger partial charge in [-0.2, -0.15) is 0 Å². The first-order valence-corrected chi connectivity index (χ1v) is 5.46. The zero-order valence-electron chi connectivity index (χ0n) is 8.97. The summed E-state index contributed by atoms with van der Waals surface area (Å²) < 4.78 is 2.31. The van der Waals surface area contributed by atoms with Gasteiger partial charge in [0.1, 0.15) is 0 Å². The van der Waals surface area contributed by atoms with Crippen LogP contribution >= 0.6 is 0 Å². The van der Waals surface area contributed by atoms with Crippen LogP contribution in [0.3, 0.4) is 0 Å². The minimum atomic E-state index is 0.337. The topological polar surface area (TPSA) is 22.0 Å². The molecule has 14 heavy (non-hydrogen) atoms. The third-order valence-corrected chi connectivity index (χ3v) is 2.98. The van der Waals surface area contributed by atoms with Crippen molar-refractivity contribution in [2.45, 2.75) is 46.1 Å². The second-order valence-corrected chi connectivity index (χ2v) is 4.07. The number of carbonyl (C=O) groups excluding carboxylic acids is 1. The average molecular weight is 191 g/mol. The van der Waals surface area contributed by atoms with Crippen LogP contribution in [0.5, 0.6) is 0 Å². The molecule has 0 amide bonds. The quantitative estimate of drug-likeness (QED) is 0.704. The van der Waals surface area contributed by atoms with Crippen molar-refractivity contribution in [1.82, 2.24) is 4.57 Å². The van der Waals surface area contributed by atoms with E-state index in [2.05, 4.69) is 24.5 Å². The molecule has 0 aromatic carbocycles. The van der Waals surface area contributed by atoms with E-state index >= 15 is 0 Å². The van der Waals surface area contributed by atoms with Gasteiger partial charge in [-0.3, -0.25) is 4.79 Å². The van der Waals surface area contributed by atoms with Gasteiger partial charge in [0.2, 0.25) is 0 Å². The number of hydrogen-bond donors (Lipinski definition) is 0. The van der Waals surface area contributed by atoms with Crippen molar-refractivity contribution >= 4 is 5.78 Å². The normalized spacial score (nSPS) is 15.7. The van der Waals surface area contributed by atoms with E-state index in [0.717, 1.165) is 37.8 Å². The predicted molar refractivity (Wildman–Crippen MR) is 56.7 cm³/mol. The highest BCUT2D eigenvalue weighted by atomic mass is 16.1. The van der Waals surface area contributed by atoms with Gasteiger partial charge in [-0.05, 0) is 32.3 Å². The van der Waals surface area contributed by atoms with Gasteiger partial charge >= 0.3 is 0 Å². The number of rotatable bonds is 2. The second-order valence-electron chi connectivity index (χ2n) is 4.07. The molecule has 0 spiro atoms. The van der Waals surface area contributed by atoms with E-state index in [1.807, 2.05) is 0 Å². The van der Waals surface area contributed by atoms with Crippen molar-refractivity contribution in [3.05, 3.63) is 23.0 Å². The first-order chi connectivity index (χ1) is 6.74. The van der Waals surface area contributed by atoms with Crippen LogP contribution in [0.2, 0.25) is 0 Å². The Morgan fingerprint density at radius 1 is 1.43 bits per heavy atom. The highest BCUT2D eigenvalue weighted by molar-refractivity contribution is 5.98. The molecule has 0 N–H and O–H groups in total. The zero-order chi connectivity index (χ0) is 10.1. The Hall–Kier alpha value is -1.05. The molecule has 0 fully saturated rings. The molecule has 0 aliphatic heterocycles. The molecule has 1 aliphatic rings. The molecule has 1 heterocycles. The molecule has 1 aromatic heterocycles. The fourth-order valence-corrected chi connectivity index (χ4v) is 2.33. The third kappa shape index (κ3) is 1.39. The SMILES string of the molecule is CCCn1c(C)cc2c1CCCC2=O. The molecule has 0 saturated heterocycles. The van der Waals surface area contributed by atoms with Crippen LogP contribution in [0.4, 0.5) is 0 Å². The second kappa shape index (κ2) is 3.60. The summed E-state index contributed by atoms with van der Waals surface area (Å²) in [4.78, 5) is 11.6. The van der Waals surface area contributed by atoms with Crippen LogP contribution < -0.4 is 0 Å². The predicted octanol–water partition coefficient (Wildman–Crippen LogP) is 2.73. The molecule has 2 heteroatoms. The van der Waals surface area contributed by atoms with E-state index in [1.54, 1.807) is 0 Å². The Morgan fingerprint density at radius 3 is 2.93 bits per heavy atom. The molecule has 0 unspecified atom stereocenters. The molecule has 0 bridgehead atoms. The zero-order valence-corrected chi connectivity index (χ0v) is 8.97. The molecule has 1 aliphatic carbocycles. The summed E-state index contributed by atoms with van der Waals surface area (Å²) in [6.07, 6.45) is 3.98. The third-order valence-electron chi connectivity index (χ3n) is 2.98. The van der Waals surface area contributed by atoms with Gasteiger partial charge in [-0.25, -0.2) is 0 Å². The molecule has 2 rings (SSSR count). The number of aromatic nitrogens is 1. The first-order valence-electron chi connectivity index (χ1n) is 5.46. The van der Waals surface area contributed by atoms with Crippen molar-refractivity contribution in [2.75, 3.05) is 0 Å². The Kier molecular flexibility index (Phi) is 2.44. The van der Waals surface area contributed by atoms with Crippen LogP contribution in [0.15, 0.2) is 6.07 Å². The summed E-state index contributed by atoms with van der Waals surface area (Å²) in [6.45, 7) is 5.33. The molecule has 0 saturated carbocycles. The highest BCUT2D eigenvalue weighted by Gasteiger charge is 2.21. The van der Waals surface area contributed by atoms with Crippen molar-refractivity contribution in [3.63, 3.8) is 0 Å². The van der Waals surface area contributed by atoms with E-state index in [4.69, 9.17) is 0 Å². The van der Waals surface area contributed by atoms with Crippen LogP contribution in [0.1, 0.15) is 47.9 Å². The summed E-state index contributed by atoms with van der Waals surface area (Å²) in [6, 6.07) is 2.06. The number of nitrogens with zero attached hydrogens (tertiary/aromatic N) is 1. The van der Waals surface area contributed by atoms with Crippen molar-refractivity contribution in [3.8, 4) is 0 Å². The lowest BCUT2D eigenvalue weighted by molar-refractivity contribution is 0.0971. The summed E-state index contributed by atoms with van der Waals surface area (Å²) in [5, 5.41) is 0. The van der Waals surface area contributed by atoms with E-state index in [1.165, 1.54) is 11.4 Å². The van der Waals surface area contributed by atoms with Crippen molar-refractivity contribution in [2.24, 2.45) is 0 Å². The van der Waals surface area contributed by atoms with Crippen molar-refractivity contribution < 1.29 is 4.79 Å². The number of hydrogen-bond acceptors (Lipinski definition) is 1. The summed E-state index contributed by atoms with van der Waals surface area (Å²) in [5.74, 6) is 0.337. The van der Waals surface area contributed by atoms with Crippen LogP contribution in [0, 0.1) is 6.92 Å². The van der Waals surface area contributed by atoms with Gasteiger partial charge in [0, 0.05) is 29.9 Å². The van der Waals surface area contributed by atoms with E-state index in [9.17, 15) is 4.79 Å². The number of aryl methyl sites for hydroxylation is 1. The molecular formula is C12H17NO. The van der Waals surface area contributed by atoms with Gasteiger partial charge in [0.15, 0.2) is 5.78 Å². The van der Waals surface area contributed by atoms with Crippen molar-refractivity contribution in [1.29, 1.82) is 0 Å². The fourth-order valence-electron chi connectivity index (χ4n) is 2.33. The Bertz CT molecular complexity index is 363. The lowest BCUT2D eigenvalue weighted by atomic mass is 9.97. The lowest BCUT2D eigenvalue weighted by Crippen LogP contribution is -2.13. The van der Waals surface area contributed by atoms with Crippen LogP contribution in [0.25, 0.3) is 0 Å². The first kappa shape index (κ1) is 9.50. The van der Waals surface area contributed by atoms with Gasteiger partial charge in [0.05, 0.1) is 0 Å². The average Bonchev–Trinajstić information content (AvgIpc) is 2.47. The molecule has 1 aromatic rings.